The standard InChI is InChI=1S/C38H46F6N2O/c1-6-11-26-13-10-18-46(19-17-26)34-23-33(32-14-9-8-12-25(32)3)28(24-45-34)16-15-27(7-2)35(47)36(4,5)29-20-30(37(39,40)41)22-31(21-29)38(42,43)44/h8-9,12,14,20-24,26-27H,6-7,10-11,13,15-19H2,1-5H3. The second kappa shape index (κ2) is 14.8. The Morgan fingerprint density at radius 2 is 1.53 bits per heavy atom. The van der Waals surface area contributed by atoms with E-state index in [0.717, 1.165) is 59.9 Å². The average molecular weight is 661 g/mol. The van der Waals surface area contributed by atoms with Crippen molar-refractivity contribution in [3.8, 4) is 11.1 Å². The fourth-order valence-electron chi connectivity index (χ4n) is 6.88. The predicted molar refractivity (Wildman–Crippen MR) is 175 cm³/mol. The molecule has 1 aliphatic heterocycles. The van der Waals surface area contributed by atoms with Gasteiger partial charge in [-0.05, 0) is 117 Å². The van der Waals surface area contributed by atoms with Crippen molar-refractivity contribution in [1.82, 2.24) is 4.98 Å². The number of nitrogens with zero attached hydrogens (tertiary/aromatic N) is 2. The summed E-state index contributed by atoms with van der Waals surface area (Å²) in [6.07, 6.45) is -0.983. The summed E-state index contributed by atoms with van der Waals surface area (Å²) in [4.78, 5) is 21.2. The van der Waals surface area contributed by atoms with Crippen LogP contribution in [0.4, 0.5) is 32.2 Å². The first-order valence-corrected chi connectivity index (χ1v) is 16.7. The number of benzene rings is 2. The van der Waals surface area contributed by atoms with E-state index in [2.05, 4.69) is 24.0 Å². The summed E-state index contributed by atoms with van der Waals surface area (Å²) >= 11 is 0. The summed E-state index contributed by atoms with van der Waals surface area (Å²) in [7, 11) is 0. The Morgan fingerprint density at radius 1 is 0.894 bits per heavy atom. The van der Waals surface area contributed by atoms with Crippen LogP contribution in [0.1, 0.15) is 100 Å². The minimum absolute atomic E-state index is 0.0975. The molecule has 0 aliphatic carbocycles. The lowest BCUT2D eigenvalue weighted by atomic mass is 9.73. The highest BCUT2D eigenvalue weighted by Crippen LogP contribution is 2.41. The molecular formula is C38H46F6N2O. The van der Waals surface area contributed by atoms with E-state index >= 15 is 0 Å². The Kier molecular flexibility index (Phi) is 11.5. The van der Waals surface area contributed by atoms with E-state index in [1.54, 1.807) is 0 Å². The van der Waals surface area contributed by atoms with Crippen LogP contribution in [-0.2, 0) is 29.0 Å². The first kappa shape index (κ1) is 36.5. The van der Waals surface area contributed by atoms with Crippen molar-refractivity contribution in [3.05, 3.63) is 82.5 Å². The topological polar surface area (TPSA) is 33.2 Å². The molecule has 1 aliphatic rings. The van der Waals surface area contributed by atoms with Gasteiger partial charge in [-0.2, -0.15) is 26.3 Å². The predicted octanol–water partition coefficient (Wildman–Crippen LogP) is 11.0. The molecule has 0 N–H and O–H groups in total. The maximum Gasteiger partial charge on any atom is 0.416 e. The number of rotatable bonds is 11. The van der Waals surface area contributed by atoms with E-state index in [1.165, 1.54) is 33.1 Å². The first-order valence-electron chi connectivity index (χ1n) is 16.7. The van der Waals surface area contributed by atoms with Gasteiger partial charge in [-0.1, -0.05) is 51.0 Å². The maximum atomic E-state index is 13.9. The number of hydrogen-bond acceptors (Lipinski definition) is 3. The van der Waals surface area contributed by atoms with Gasteiger partial charge < -0.3 is 4.90 Å². The zero-order valence-corrected chi connectivity index (χ0v) is 28.0. The van der Waals surface area contributed by atoms with E-state index < -0.39 is 34.8 Å². The van der Waals surface area contributed by atoms with Gasteiger partial charge in [-0.15, -0.1) is 0 Å². The van der Waals surface area contributed by atoms with Crippen LogP contribution in [-0.4, -0.2) is 23.9 Å². The third-order valence-corrected chi connectivity index (χ3v) is 9.83. The molecule has 2 unspecified atom stereocenters. The lowest BCUT2D eigenvalue weighted by Crippen LogP contribution is -2.35. The number of aryl methyl sites for hydroxylation is 2. The molecule has 0 amide bonds. The number of pyridine rings is 1. The lowest BCUT2D eigenvalue weighted by Gasteiger charge is -2.30. The molecule has 4 rings (SSSR count). The van der Waals surface area contributed by atoms with E-state index in [9.17, 15) is 31.1 Å². The van der Waals surface area contributed by atoms with Crippen LogP contribution in [0.2, 0.25) is 0 Å². The molecule has 1 aromatic heterocycles. The van der Waals surface area contributed by atoms with Crippen LogP contribution < -0.4 is 4.90 Å². The summed E-state index contributed by atoms with van der Waals surface area (Å²) < 4.78 is 81.7. The molecule has 47 heavy (non-hydrogen) atoms. The van der Waals surface area contributed by atoms with Crippen molar-refractivity contribution >= 4 is 11.6 Å². The highest BCUT2D eigenvalue weighted by molar-refractivity contribution is 5.91. The Morgan fingerprint density at radius 3 is 2.13 bits per heavy atom. The smallest absolute Gasteiger partial charge is 0.357 e. The van der Waals surface area contributed by atoms with Crippen molar-refractivity contribution in [2.24, 2.45) is 11.8 Å². The highest BCUT2D eigenvalue weighted by atomic mass is 19.4. The average Bonchev–Trinajstić information content (AvgIpc) is 3.26. The highest BCUT2D eigenvalue weighted by Gasteiger charge is 2.41. The van der Waals surface area contributed by atoms with Gasteiger partial charge in [0, 0.05) is 30.6 Å². The molecule has 2 aromatic carbocycles. The van der Waals surface area contributed by atoms with Gasteiger partial charge >= 0.3 is 12.4 Å². The van der Waals surface area contributed by atoms with Crippen LogP contribution in [0.15, 0.2) is 54.7 Å². The number of Topliss-reactive ketones (excluding diaryl/α,β-unsaturated/α-hetero) is 1. The minimum Gasteiger partial charge on any atom is -0.357 e. The van der Waals surface area contributed by atoms with E-state index in [4.69, 9.17) is 4.98 Å². The van der Waals surface area contributed by atoms with E-state index in [-0.39, 0.29) is 17.4 Å². The Hall–Kier alpha value is -3.36. The third kappa shape index (κ3) is 8.76. The molecule has 0 spiro atoms. The van der Waals surface area contributed by atoms with Crippen LogP contribution in [0.3, 0.4) is 0 Å². The molecule has 1 fully saturated rings. The Labute approximate surface area is 274 Å². The normalized spacial score (nSPS) is 17.0. The SMILES string of the molecule is CCCC1CCCN(c2cc(-c3ccccc3C)c(CCC(CC)C(=O)C(C)(C)c3cc(C(F)(F)F)cc(C(F)(F)F)c3)cn2)CC1. The van der Waals surface area contributed by atoms with Crippen molar-refractivity contribution in [2.45, 2.75) is 104 Å². The number of aromatic nitrogens is 1. The maximum absolute atomic E-state index is 13.9. The summed E-state index contributed by atoms with van der Waals surface area (Å²) in [5, 5.41) is 0. The van der Waals surface area contributed by atoms with Gasteiger partial charge in [0.05, 0.1) is 11.1 Å². The van der Waals surface area contributed by atoms with Crippen LogP contribution >= 0.6 is 0 Å². The molecule has 0 radical (unpaired) electrons. The third-order valence-electron chi connectivity index (χ3n) is 9.83. The number of carbonyl (C=O) groups is 1. The number of halogens is 6. The monoisotopic (exact) mass is 660 g/mol. The van der Waals surface area contributed by atoms with Crippen LogP contribution in [0.25, 0.3) is 11.1 Å². The van der Waals surface area contributed by atoms with Crippen LogP contribution in [0, 0.1) is 18.8 Å². The van der Waals surface area contributed by atoms with Gasteiger partial charge in [-0.25, -0.2) is 4.98 Å². The molecule has 2 heterocycles. The summed E-state index contributed by atoms with van der Waals surface area (Å²) in [5.41, 5.74) is -0.585. The van der Waals surface area contributed by atoms with Crippen LogP contribution in [0.5, 0.6) is 0 Å². The molecule has 0 saturated carbocycles. The quantitative estimate of drug-likeness (QED) is 0.192. The zero-order valence-electron chi connectivity index (χ0n) is 28.0. The molecular weight excluding hydrogens is 614 g/mol. The lowest BCUT2D eigenvalue weighted by molar-refractivity contribution is -0.143. The molecule has 3 nitrogen and oxygen atoms in total. The van der Waals surface area contributed by atoms with Gasteiger partial charge in [0.2, 0.25) is 0 Å². The summed E-state index contributed by atoms with van der Waals surface area (Å²) in [6, 6.07) is 11.7. The van der Waals surface area contributed by atoms with Crippen molar-refractivity contribution in [1.29, 1.82) is 0 Å². The van der Waals surface area contributed by atoms with Crippen molar-refractivity contribution < 1.29 is 31.1 Å². The molecule has 2 atom stereocenters. The molecule has 256 valence electrons. The minimum atomic E-state index is -4.99. The largest absolute Gasteiger partial charge is 0.416 e. The summed E-state index contributed by atoms with van der Waals surface area (Å²) in [6.45, 7) is 10.8. The Balaban J connectivity index is 1.63. The first-order chi connectivity index (χ1) is 22.1. The zero-order chi connectivity index (χ0) is 34.6. The summed E-state index contributed by atoms with van der Waals surface area (Å²) in [5.74, 6) is 0.669. The van der Waals surface area contributed by atoms with Crippen molar-refractivity contribution in [2.75, 3.05) is 18.0 Å². The fraction of sp³-hybridized carbons (Fsp3) is 0.526. The number of carbonyl (C=O) groups excluding carboxylic acids is 1. The molecule has 9 heteroatoms. The second-order valence-electron chi connectivity index (χ2n) is 13.5. The van der Waals surface area contributed by atoms with Gasteiger partial charge in [0.25, 0.3) is 0 Å². The number of ketones is 1. The number of hydrogen-bond donors (Lipinski definition) is 0. The molecule has 1 saturated heterocycles. The van der Waals surface area contributed by atoms with Gasteiger partial charge in [0.15, 0.2) is 0 Å². The Bertz CT molecular complexity index is 1500. The second-order valence-corrected chi connectivity index (χ2v) is 13.5. The van der Waals surface area contributed by atoms with Gasteiger partial charge in [0.1, 0.15) is 11.6 Å². The van der Waals surface area contributed by atoms with Crippen molar-refractivity contribution in [3.63, 3.8) is 0 Å². The molecule has 3 aromatic rings. The van der Waals surface area contributed by atoms with E-state index in [0.29, 0.717) is 31.4 Å². The molecule has 0 bridgehead atoms. The van der Waals surface area contributed by atoms with E-state index in [1.807, 2.05) is 38.2 Å². The fourth-order valence-corrected chi connectivity index (χ4v) is 6.88. The number of alkyl halides is 6. The number of anilines is 1. The van der Waals surface area contributed by atoms with Gasteiger partial charge in [-0.3, -0.25) is 4.79 Å².